The van der Waals surface area contributed by atoms with E-state index in [1.165, 1.54) is 103 Å². The molecule has 1 aliphatic rings. The van der Waals surface area contributed by atoms with E-state index in [4.69, 9.17) is 9.47 Å². The average Bonchev–Trinajstić information content (AvgIpc) is 2.89. The zero-order valence-electron chi connectivity index (χ0n) is 24.6. The van der Waals surface area contributed by atoms with Gasteiger partial charge in [0.1, 0.15) is 13.2 Å². The molecule has 0 aromatic heterocycles. The lowest BCUT2D eigenvalue weighted by Crippen LogP contribution is -2.33. The third-order valence-corrected chi connectivity index (χ3v) is 7.68. The summed E-state index contributed by atoms with van der Waals surface area (Å²) in [6.45, 7) is 5.59. The predicted molar refractivity (Wildman–Crippen MR) is 155 cm³/mol. The summed E-state index contributed by atoms with van der Waals surface area (Å²) in [7, 11) is 0. The van der Waals surface area contributed by atoms with E-state index in [0.717, 1.165) is 58.2 Å². The first-order valence-electron chi connectivity index (χ1n) is 16.3. The molecule has 0 unspecified atom stereocenters. The number of carbonyl (C=O) groups excluding carboxylic acids is 2. The van der Waals surface area contributed by atoms with Crippen LogP contribution in [0.4, 0.5) is 0 Å². The maximum atomic E-state index is 11.9. The highest BCUT2D eigenvalue weighted by atomic mass is 16.5. The SMILES string of the molecule is CCCCCCCCCCCCCCCCCCCN1CCOC(=O)CCCCCCCC(=O)OCC1. The molecule has 0 aromatic carbocycles. The van der Waals surface area contributed by atoms with Gasteiger partial charge in [0, 0.05) is 25.9 Å². The predicted octanol–water partition coefficient (Wildman–Crippen LogP) is 8.77. The van der Waals surface area contributed by atoms with Gasteiger partial charge in [-0.05, 0) is 25.8 Å². The Labute approximate surface area is 229 Å². The molecule has 1 saturated heterocycles. The second kappa shape index (κ2) is 26.5. The van der Waals surface area contributed by atoms with E-state index in [0.29, 0.717) is 26.1 Å². The van der Waals surface area contributed by atoms with Crippen molar-refractivity contribution in [2.75, 3.05) is 32.8 Å². The van der Waals surface area contributed by atoms with Gasteiger partial charge in [0.05, 0.1) is 0 Å². The van der Waals surface area contributed by atoms with Crippen LogP contribution in [0, 0.1) is 0 Å². The Balaban J connectivity index is 2.02. The number of ether oxygens (including phenoxy) is 2. The molecule has 0 radical (unpaired) electrons. The summed E-state index contributed by atoms with van der Waals surface area (Å²) in [5, 5.41) is 0. The van der Waals surface area contributed by atoms with Crippen molar-refractivity contribution >= 4 is 11.9 Å². The zero-order valence-corrected chi connectivity index (χ0v) is 24.6. The van der Waals surface area contributed by atoms with Crippen molar-refractivity contribution in [3.8, 4) is 0 Å². The molecular weight excluding hydrogens is 462 g/mol. The fraction of sp³-hybridized carbons (Fsp3) is 0.938. The average molecular weight is 524 g/mol. The van der Waals surface area contributed by atoms with Gasteiger partial charge in [0.25, 0.3) is 0 Å². The molecule has 0 saturated carbocycles. The van der Waals surface area contributed by atoms with Gasteiger partial charge in [-0.1, -0.05) is 129 Å². The Hall–Kier alpha value is -1.10. The third kappa shape index (κ3) is 23.7. The fourth-order valence-corrected chi connectivity index (χ4v) is 5.19. The van der Waals surface area contributed by atoms with Crippen LogP contribution in [-0.4, -0.2) is 49.7 Å². The highest BCUT2D eigenvalue weighted by Crippen LogP contribution is 2.14. The number of nitrogens with zero attached hydrogens (tertiary/aromatic N) is 1. The van der Waals surface area contributed by atoms with Crippen LogP contribution in [0.1, 0.15) is 161 Å². The van der Waals surface area contributed by atoms with Crippen molar-refractivity contribution in [2.45, 2.75) is 161 Å². The van der Waals surface area contributed by atoms with Crippen LogP contribution < -0.4 is 0 Å². The summed E-state index contributed by atoms with van der Waals surface area (Å²) >= 11 is 0. The van der Waals surface area contributed by atoms with Crippen LogP contribution >= 0.6 is 0 Å². The molecule has 0 atom stereocenters. The summed E-state index contributed by atoms with van der Waals surface area (Å²) in [6.07, 6.45) is 29.3. The Morgan fingerprint density at radius 2 is 0.865 bits per heavy atom. The van der Waals surface area contributed by atoms with Crippen LogP contribution in [0.2, 0.25) is 0 Å². The summed E-state index contributed by atoms with van der Waals surface area (Å²) in [4.78, 5) is 26.2. The van der Waals surface area contributed by atoms with Crippen LogP contribution in [0.25, 0.3) is 0 Å². The van der Waals surface area contributed by atoms with E-state index >= 15 is 0 Å². The summed E-state index contributed by atoms with van der Waals surface area (Å²) in [5.41, 5.74) is 0. The van der Waals surface area contributed by atoms with Crippen LogP contribution in [0.5, 0.6) is 0 Å². The number of esters is 2. The Kier molecular flexibility index (Phi) is 24.3. The van der Waals surface area contributed by atoms with Gasteiger partial charge in [-0.3, -0.25) is 14.5 Å². The van der Waals surface area contributed by atoms with E-state index in [1.54, 1.807) is 0 Å². The molecule has 1 fully saturated rings. The van der Waals surface area contributed by atoms with Gasteiger partial charge in [0.15, 0.2) is 0 Å². The number of carbonyl (C=O) groups is 2. The molecule has 37 heavy (non-hydrogen) atoms. The first-order valence-corrected chi connectivity index (χ1v) is 16.3. The standard InChI is InChI=1S/C32H61NO4/c1-2-3-4-5-6-7-8-9-10-11-12-13-14-15-16-20-23-26-33-27-29-36-31(34)24-21-18-17-19-22-25-32(35)37-30-28-33/h2-30H2,1H3. The molecule has 0 aromatic rings. The Morgan fingerprint density at radius 1 is 0.514 bits per heavy atom. The number of hydrogen-bond donors (Lipinski definition) is 0. The maximum Gasteiger partial charge on any atom is 0.305 e. The van der Waals surface area contributed by atoms with E-state index in [1.807, 2.05) is 0 Å². The van der Waals surface area contributed by atoms with Crippen LogP contribution in [0.3, 0.4) is 0 Å². The molecule has 0 amide bonds. The lowest BCUT2D eigenvalue weighted by atomic mass is 10.0. The molecule has 0 N–H and O–H groups in total. The van der Waals surface area contributed by atoms with Gasteiger partial charge in [0.2, 0.25) is 0 Å². The van der Waals surface area contributed by atoms with Crippen molar-refractivity contribution in [2.24, 2.45) is 0 Å². The largest absolute Gasteiger partial charge is 0.464 e. The van der Waals surface area contributed by atoms with E-state index in [2.05, 4.69) is 11.8 Å². The number of rotatable bonds is 18. The first kappa shape index (κ1) is 33.9. The van der Waals surface area contributed by atoms with Crippen molar-refractivity contribution in [3.63, 3.8) is 0 Å². The van der Waals surface area contributed by atoms with Gasteiger partial charge in [-0.25, -0.2) is 0 Å². The van der Waals surface area contributed by atoms with Crippen molar-refractivity contribution in [1.29, 1.82) is 0 Å². The molecule has 0 aliphatic carbocycles. The highest BCUT2D eigenvalue weighted by molar-refractivity contribution is 5.69. The minimum absolute atomic E-state index is 0.0729. The number of hydrogen-bond acceptors (Lipinski definition) is 5. The summed E-state index contributed by atoms with van der Waals surface area (Å²) in [5.74, 6) is -0.146. The first-order chi connectivity index (χ1) is 18.2. The molecular formula is C32H61NO4. The molecule has 218 valence electrons. The topological polar surface area (TPSA) is 55.8 Å². The van der Waals surface area contributed by atoms with Crippen molar-refractivity contribution in [3.05, 3.63) is 0 Å². The van der Waals surface area contributed by atoms with Gasteiger partial charge >= 0.3 is 11.9 Å². The molecule has 0 spiro atoms. The van der Waals surface area contributed by atoms with E-state index < -0.39 is 0 Å². The number of unbranched alkanes of at least 4 members (excludes halogenated alkanes) is 16. The molecule has 5 nitrogen and oxygen atoms in total. The van der Waals surface area contributed by atoms with Crippen molar-refractivity contribution < 1.29 is 19.1 Å². The minimum Gasteiger partial charge on any atom is -0.464 e. The molecule has 1 rings (SSSR count). The lowest BCUT2D eigenvalue weighted by Gasteiger charge is -2.22. The van der Waals surface area contributed by atoms with Crippen LogP contribution in [0.15, 0.2) is 0 Å². The van der Waals surface area contributed by atoms with E-state index in [-0.39, 0.29) is 11.9 Å². The monoisotopic (exact) mass is 523 g/mol. The number of cyclic esters (lactones) is 2. The Morgan fingerprint density at radius 3 is 1.27 bits per heavy atom. The normalized spacial score (nSPS) is 17.4. The summed E-state index contributed by atoms with van der Waals surface area (Å²) in [6, 6.07) is 0. The third-order valence-electron chi connectivity index (χ3n) is 7.68. The second-order valence-electron chi connectivity index (χ2n) is 11.2. The van der Waals surface area contributed by atoms with Crippen molar-refractivity contribution in [1.82, 2.24) is 4.90 Å². The molecule has 1 heterocycles. The zero-order chi connectivity index (χ0) is 26.7. The van der Waals surface area contributed by atoms with Crippen LogP contribution in [-0.2, 0) is 19.1 Å². The molecule has 0 bridgehead atoms. The quantitative estimate of drug-likeness (QED) is 0.133. The minimum atomic E-state index is -0.0729. The smallest absolute Gasteiger partial charge is 0.305 e. The maximum absolute atomic E-state index is 11.9. The van der Waals surface area contributed by atoms with E-state index in [9.17, 15) is 9.59 Å². The highest BCUT2D eigenvalue weighted by Gasteiger charge is 2.10. The fourth-order valence-electron chi connectivity index (χ4n) is 5.19. The molecule has 1 aliphatic heterocycles. The van der Waals surface area contributed by atoms with Gasteiger partial charge in [-0.15, -0.1) is 0 Å². The van der Waals surface area contributed by atoms with Gasteiger partial charge in [-0.2, -0.15) is 0 Å². The van der Waals surface area contributed by atoms with Gasteiger partial charge < -0.3 is 9.47 Å². The Bertz CT molecular complexity index is 499. The second-order valence-corrected chi connectivity index (χ2v) is 11.2. The lowest BCUT2D eigenvalue weighted by molar-refractivity contribution is -0.144. The summed E-state index contributed by atoms with van der Waals surface area (Å²) < 4.78 is 10.9. The molecule has 5 heteroatoms.